The van der Waals surface area contributed by atoms with E-state index in [9.17, 15) is 23.9 Å². The molecule has 0 unspecified atom stereocenters. The highest BCUT2D eigenvalue weighted by Gasteiger charge is 2.20. The summed E-state index contributed by atoms with van der Waals surface area (Å²) in [6.45, 7) is 1.42. The minimum Gasteiger partial charge on any atom is -0.484 e. The number of aliphatic imine (C=N–C) groups is 1. The maximum Gasteiger partial charge on any atom is 0.326 e. The van der Waals surface area contributed by atoms with Gasteiger partial charge in [-0.25, -0.2) is 9.18 Å². The van der Waals surface area contributed by atoms with Gasteiger partial charge in [0.15, 0.2) is 12.6 Å². The summed E-state index contributed by atoms with van der Waals surface area (Å²) in [5.41, 5.74) is 11.3. The Kier molecular flexibility index (Phi) is 8.03. The first-order chi connectivity index (χ1) is 16.7. The molecule has 0 aliphatic rings. The third-order valence-corrected chi connectivity index (χ3v) is 5.12. The summed E-state index contributed by atoms with van der Waals surface area (Å²) in [4.78, 5) is 40.4. The van der Waals surface area contributed by atoms with Crippen LogP contribution in [-0.2, 0) is 9.59 Å². The van der Waals surface area contributed by atoms with E-state index in [0.717, 1.165) is 0 Å². The molecule has 35 heavy (non-hydrogen) atoms. The average Bonchev–Trinajstić information content (AvgIpc) is 2.80. The van der Waals surface area contributed by atoms with Crippen LogP contribution in [0.1, 0.15) is 18.6 Å². The maximum atomic E-state index is 13.2. The van der Waals surface area contributed by atoms with E-state index in [0.29, 0.717) is 28.7 Å². The molecule has 10 nitrogen and oxygen atoms in total. The van der Waals surface area contributed by atoms with E-state index in [1.54, 1.807) is 6.92 Å². The largest absolute Gasteiger partial charge is 0.484 e. The van der Waals surface area contributed by atoms with Crippen LogP contribution in [0.2, 0.25) is 0 Å². The monoisotopic (exact) mass is 484 g/mol. The van der Waals surface area contributed by atoms with Crippen LogP contribution in [0, 0.1) is 12.7 Å². The Morgan fingerprint density at radius 3 is 2.57 bits per heavy atom. The van der Waals surface area contributed by atoms with Crippen LogP contribution in [0.15, 0.2) is 56.7 Å². The predicted octanol–water partition coefficient (Wildman–Crippen LogP) is 1.91. The number of nitrogens with zero attached hydrogens (tertiary/aromatic N) is 1. The molecule has 11 heteroatoms. The molecule has 1 amide bonds. The van der Waals surface area contributed by atoms with Crippen molar-refractivity contribution in [3.05, 3.63) is 64.3 Å². The van der Waals surface area contributed by atoms with E-state index in [4.69, 9.17) is 20.6 Å². The molecule has 0 radical (unpaired) electrons. The zero-order valence-electron chi connectivity index (χ0n) is 18.9. The number of hydrogen-bond acceptors (Lipinski definition) is 6. The summed E-state index contributed by atoms with van der Waals surface area (Å²) >= 11 is 0. The molecule has 0 bridgehead atoms. The number of amides is 1. The minimum absolute atomic E-state index is 0.0950. The van der Waals surface area contributed by atoms with E-state index >= 15 is 0 Å². The maximum absolute atomic E-state index is 13.2. The summed E-state index contributed by atoms with van der Waals surface area (Å²) in [6.07, 6.45) is 0.494. The van der Waals surface area contributed by atoms with Crippen LogP contribution in [0.4, 0.5) is 4.39 Å². The summed E-state index contributed by atoms with van der Waals surface area (Å²) in [5.74, 6) is -1.74. The van der Waals surface area contributed by atoms with Gasteiger partial charge in [0.05, 0.1) is 10.9 Å². The van der Waals surface area contributed by atoms with Crippen molar-refractivity contribution in [2.75, 3.05) is 13.2 Å². The second-order valence-corrected chi connectivity index (χ2v) is 7.72. The Balaban J connectivity index is 1.68. The van der Waals surface area contributed by atoms with E-state index in [1.165, 1.54) is 42.5 Å². The molecule has 0 spiro atoms. The molecule has 184 valence electrons. The number of carbonyl (C=O) groups excluding carboxylic acids is 1. The third kappa shape index (κ3) is 6.56. The van der Waals surface area contributed by atoms with Gasteiger partial charge in [-0.3, -0.25) is 14.6 Å². The number of aryl methyl sites for hydroxylation is 1. The van der Waals surface area contributed by atoms with Crippen molar-refractivity contribution in [2.45, 2.75) is 25.8 Å². The number of nitrogens with one attached hydrogen (secondary N) is 1. The first-order valence-electron chi connectivity index (χ1n) is 10.7. The van der Waals surface area contributed by atoms with Crippen molar-refractivity contribution in [3.63, 3.8) is 0 Å². The SMILES string of the molecule is Cc1oc2cc(OCC(=O)N[C@H](CCCN=C(N)N)C(=O)O)ccc2c(=O)c1-c1ccc(F)cc1. The number of carboxylic acids is 1. The van der Waals surface area contributed by atoms with Crippen molar-refractivity contribution in [1.29, 1.82) is 0 Å². The highest BCUT2D eigenvalue weighted by atomic mass is 19.1. The first-order valence-corrected chi connectivity index (χ1v) is 10.7. The Hall–Kier alpha value is -4.41. The van der Waals surface area contributed by atoms with Crippen molar-refractivity contribution >= 4 is 28.8 Å². The van der Waals surface area contributed by atoms with Gasteiger partial charge in [0, 0.05) is 12.6 Å². The lowest BCUT2D eigenvalue weighted by Gasteiger charge is -2.14. The molecule has 1 atom stereocenters. The van der Waals surface area contributed by atoms with E-state index < -0.39 is 30.3 Å². The molecule has 3 rings (SSSR count). The van der Waals surface area contributed by atoms with E-state index in [-0.39, 0.29) is 35.7 Å². The number of nitrogens with two attached hydrogens (primary N) is 2. The van der Waals surface area contributed by atoms with Crippen molar-refractivity contribution in [2.24, 2.45) is 16.5 Å². The van der Waals surface area contributed by atoms with Gasteiger partial charge in [-0.05, 0) is 49.6 Å². The number of carbonyl (C=O) groups is 2. The third-order valence-electron chi connectivity index (χ3n) is 5.12. The van der Waals surface area contributed by atoms with Crippen LogP contribution in [0.5, 0.6) is 5.75 Å². The number of guanidine groups is 1. The van der Waals surface area contributed by atoms with Crippen molar-refractivity contribution in [1.82, 2.24) is 5.32 Å². The number of aliphatic carboxylic acids is 1. The van der Waals surface area contributed by atoms with Crippen LogP contribution >= 0.6 is 0 Å². The van der Waals surface area contributed by atoms with Gasteiger partial charge < -0.3 is 31.0 Å². The van der Waals surface area contributed by atoms with Gasteiger partial charge in [-0.15, -0.1) is 0 Å². The highest BCUT2D eigenvalue weighted by Crippen LogP contribution is 2.26. The molecule has 0 aliphatic heterocycles. The lowest BCUT2D eigenvalue weighted by Crippen LogP contribution is -2.43. The zero-order valence-corrected chi connectivity index (χ0v) is 18.9. The van der Waals surface area contributed by atoms with Gasteiger partial charge in [0.25, 0.3) is 5.91 Å². The second kappa shape index (κ2) is 11.1. The van der Waals surface area contributed by atoms with E-state index in [2.05, 4.69) is 10.3 Å². The number of carboxylic acid groups (broad SMARTS) is 1. The molecule has 3 aromatic rings. The minimum atomic E-state index is -1.19. The molecule has 1 aromatic heterocycles. The normalized spacial score (nSPS) is 11.6. The molecular formula is C24H25FN4O6. The number of rotatable bonds is 10. The van der Waals surface area contributed by atoms with Gasteiger partial charge in [-0.1, -0.05) is 12.1 Å². The quantitative estimate of drug-likeness (QED) is 0.192. The second-order valence-electron chi connectivity index (χ2n) is 7.72. The fourth-order valence-corrected chi connectivity index (χ4v) is 3.47. The summed E-state index contributed by atoms with van der Waals surface area (Å²) < 4.78 is 24.5. The van der Waals surface area contributed by atoms with Gasteiger partial charge in [-0.2, -0.15) is 0 Å². The Morgan fingerprint density at radius 1 is 1.20 bits per heavy atom. The van der Waals surface area contributed by atoms with Gasteiger partial charge >= 0.3 is 5.97 Å². The zero-order chi connectivity index (χ0) is 25.5. The van der Waals surface area contributed by atoms with Crippen molar-refractivity contribution in [3.8, 4) is 16.9 Å². The van der Waals surface area contributed by atoms with Crippen LogP contribution in [0.25, 0.3) is 22.1 Å². The molecule has 0 saturated heterocycles. The Bertz CT molecular complexity index is 1320. The van der Waals surface area contributed by atoms with Crippen LogP contribution in [0.3, 0.4) is 0 Å². The number of fused-ring (bicyclic) bond motifs is 1. The lowest BCUT2D eigenvalue weighted by molar-refractivity contribution is -0.142. The molecule has 6 N–H and O–H groups in total. The summed E-state index contributed by atoms with van der Waals surface area (Å²) in [6, 6.07) is 8.88. The smallest absolute Gasteiger partial charge is 0.326 e. The number of benzene rings is 2. The molecule has 1 heterocycles. The molecular weight excluding hydrogens is 459 g/mol. The summed E-state index contributed by atoms with van der Waals surface area (Å²) in [7, 11) is 0. The van der Waals surface area contributed by atoms with Crippen LogP contribution < -0.4 is 26.9 Å². The topological polar surface area (TPSA) is 170 Å². The molecule has 0 saturated carbocycles. The Morgan fingerprint density at radius 2 is 1.91 bits per heavy atom. The molecule has 0 fully saturated rings. The highest BCUT2D eigenvalue weighted by molar-refractivity contribution is 5.85. The lowest BCUT2D eigenvalue weighted by atomic mass is 10.0. The first kappa shape index (κ1) is 25.2. The van der Waals surface area contributed by atoms with Crippen LogP contribution in [-0.4, -0.2) is 42.1 Å². The summed E-state index contributed by atoms with van der Waals surface area (Å²) in [5, 5.41) is 12.0. The number of halogens is 1. The predicted molar refractivity (Wildman–Crippen MR) is 128 cm³/mol. The molecule has 0 aliphatic carbocycles. The average molecular weight is 484 g/mol. The molecule has 2 aromatic carbocycles. The van der Waals surface area contributed by atoms with Gasteiger partial charge in [0.2, 0.25) is 5.43 Å². The standard InChI is InChI=1S/C24H25FN4O6/c1-13-21(14-4-6-15(25)7-5-14)22(31)17-9-8-16(11-19(17)35-13)34-12-20(30)29-18(23(32)33)3-2-10-28-24(26)27/h4-9,11,18H,2-3,10,12H2,1H3,(H,29,30)(H,32,33)(H4,26,27,28)/t18-/m1/s1. The number of ether oxygens (including phenoxy) is 1. The van der Waals surface area contributed by atoms with Crippen molar-refractivity contribution < 1.29 is 28.2 Å². The Labute approximate surface area is 199 Å². The fourth-order valence-electron chi connectivity index (χ4n) is 3.47. The number of hydrogen-bond donors (Lipinski definition) is 4. The fraction of sp³-hybridized carbons (Fsp3) is 0.250. The van der Waals surface area contributed by atoms with Gasteiger partial charge in [0.1, 0.15) is 29.0 Å². The van der Waals surface area contributed by atoms with E-state index in [1.807, 2.05) is 0 Å².